The van der Waals surface area contributed by atoms with Crippen LogP contribution >= 0.6 is 0 Å². The Labute approximate surface area is 147 Å². The molecular formula is C22H34O2. The Morgan fingerprint density at radius 3 is 2.58 bits per heavy atom. The molecule has 4 rings (SSSR count). The summed E-state index contributed by atoms with van der Waals surface area (Å²) in [5, 5.41) is 0. The van der Waals surface area contributed by atoms with E-state index in [2.05, 4.69) is 20.8 Å². The van der Waals surface area contributed by atoms with Crippen LogP contribution in [0.25, 0.3) is 0 Å². The molecule has 4 aliphatic rings. The summed E-state index contributed by atoms with van der Waals surface area (Å²) in [5.41, 5.74) is 0.330. The zero-order chi connectivity index (χ0) is 17.1. The lowest BCUT2D eigenvalue weighted by molar-refractivity contribution is -0.154. The Bertz CT molecular complexity index is 552. The minimum Gasteiger partial charge on any atom is -0.300 e. The second-order valence-electron chi connectivity index (χ2n) is 9.94. The van der Waals surface area contributed by atoms with Crippen LogP contribution in [-0.2, 0) is 9.59 Å². The molecule has 4 fully saturated rings. The van der Waals surface area contributed by atoms with Gasteiger partial charge in [-0.15, -0.1) is 0 Å². The highest BCUT2D eigenvalue weighted by Gasteiger charge is 2.62. The first-order chi connectivity index (χ1) is 11.4. The van der Waals surface area contributed by atoms with E-state index in [9.17, 15) is 9.59 Å². The zero-order valence-corrected chi connectivity index (χ0v) is 15.8. The maximum absolute atomic E-state index is 12.6. The predicted molar refractivity (Wildman–Crippen MR) is 95.5 cm³/mol. The van der Waals surface area contributed by atoms with Gasteiger partial charge in [0.2, 0.25) is 0 Å². The predicted octanol–water partition coefficient (Wildman–Crippen LogP) is 5.19. The number of ketones is 2. The first kappa shape index (κ1) is 16.8. The van der Waals surface area contributed by atoms with Crippen molar-refractivity contribution in [3.63, 3.8) is 0 Å². The highest BCUT2D eigenvalue weighted by Crippen LogP contribution is 2.67. The number of carbonyl (C=O) groups excluding carboxylic acids is 2. The molecule has 24 heavy (non-hydrogen) atoms. The third-order valence-electron chi connectivity index (χ3n) is 9.03. The van der Waals surface area contributed by atoms with Crippen molar-refractivity contribution in [3.05, 3.63) is 0 Å². The molecule has 0 aromatic heterocycles. The van der Waals surface area contributed by atoms with Gasteiger partial charge in [-0.05, 0) is 67.1 Å². The molecule has 0 aromatic rings. The second-order valence-corrected chi connectivity index (χ2v) is 9.94. The number of hydrogen-bond donors (Lipinski definition) is 0. The van der Waals surface area contributed by atoms with E-state index in [1.54, 1.807) is 0 Å². The molecule has 7 atom stereocenters. The van der Waals surface area contributed by atoms with E-state index in [-0.39, 0.29) is 5.41 Å². The van der Waals surface area contributed by atoms with Gasteiger partial charge in [-0.2, -0.15) is 0 Å². The van der Waals surface area contributed by atoms with Crippen molar-refractivity contribution in [2.75, 3.05) is 0 Å². The van der Waals surface area contributed by atoms with Gasteiger partial charge >= 0.3 is 0 Å². The summed E-state index contributed by atoms with van der Waals surface area (Å²) in [6.07, 6.45) is 10.8. The van der Waals surface area contributed by atoms with Crippen molar-refractivity contribution >= 4 is 11.6 Å². The summed E-state index contributed by atoms with van der Waals surface area (Å²) < 4.78 is 0. The molecule has 2 nitrogen and oxygen atoms in total. The van der Waals surface area contributed by atoms with E-state index in [0.29, 0.717) is 28.8 Å². The molecule has 0 saturated heterocycles. The Kier molecular flexibility index (Phi) is 3.97. The lowest BCUT2D eigenvalue weighted by Gasteiger charge is -2.62. The van der Waals surface area contributed by atoms with Crippen LogP contribution in [0.3, 0.4) is 0 Å². The molecule has 0 spiro atoms. The maximum Gasteiger partial charge on any atom is 0.139 e. The topological polar surface area (TPSA) is 34.1 Å². The van der Waals surface area contributed by atoms with Crippen molar-refractivity contribution < 1.29 is 9.59 Å². The van der Waals surface area contributed by atoms with Crippen LogP contribution in [0.2, 0.25) is 0 Å². The van der Waals surface area contributed by atoms with Crippen molar-refractivity contribution in [2.24, 2.45) is 40.4 Å². The van der Waals surface area contributed by atoms with Crippen LogP contribution in [0, 0.1) is 40.4 Å². The molecule has 2 heteroatoms. The van der Waals surface area contributed by atoms with Gasteiger partial charge in [0, 0.05) is 24.7 Å². The summed E-state index contributed by atoms with van der Waals surface area (Å²) in [4.78, 5) is 24.7. The fraction of sp³-hybridized carbons (Fsp3) is 0.909. The van der Waals surface area contributed by atoms with E-state index < -0.39 is 0 Å². The van der Waals surface area contributed by atoms with Crippen molar-refractivity contribution in [1.29, 1.82) is 0 Å². The third-order valence-corrected chi connectivity index (χ3v) is 9.03. The molecule has 0 radical (unpaired) electrons. The molecule has 4 aliphatic carbocycles. The molecule has 0 aromatic carbocycles. The molecule has 4 saturated carbocycles. The second kappa shape index (κ2) is 5.68. The van der Waals surface area contributed by atoms with Crippen molar-refractivity contribution in [1.82, 2.24) is 0 Å². The van der Waals surface area contributed by atoms with E-state index in [0.717, 1.165) is 56.3 Å². The van der Waals surface area contributed by atoms with Gasteiger partial charge in [-0.25, -0.2) is 0 Å². The van der Waals surface area contributed by atoms with Crippen LogP contribution in [-0.4, -0.2) is 11.6 Å². The molecule has 0 aliphatic heterocycles. The third kappa shape index (κ3) is 2.20. The number of hydrogen-bond acceptors (Lipinski definition) is 2. The normalized spacial score (nSPS) is 51.0. The standard InChI is InChI=1S/C22H34O2/c1-4-5-14-12-15-13-16(23)8-10-21(15,2)18-9-11-22(3)17(20(14)18)6-7-19(22)24/h14-15,17-18,20H,4-13H2,1-3H3/t14?,15?,17?,18?,20?,21-,22-/m0/s1. The SMILES string of the molecule is CCCC1CC2CC(=O)CC[C@]2(C)C2CC[C@]3(C)C(=O)CCC3C12. The summed E-state index contributed by atoms with van der Waals surface area (Å²) in [5.74, 6) is 4.53. The quantitative estimate of drug-likeness (QED) is 0.698. The monoisotopic (exact) mass is 330 g/mol. The molecular weight excluding hydrogens is 296 g/mol. The van der Waals surface area contributed by atoms with Crippen LogP contribution in [0.15, 0.2) is 0 Å². The highest BCUT2D eigenvalue weighted by molar-refractivity contribution is 5.87. The Morgan fingerprint density at radius 2 is 1.83 bits per heavy atom. The average Bonchev–Trinajstić information content (AvgIpc) is 2.85. The van der Waals surface area contributed by atoms with Gasteiger partial charge in [0.15, 0.2) is 0 Å². The van der Waals surface area contributed by atoms with E-state index >= 15 is 0 Å². The summed E-state index contributed by atoms with van der Waals surface area (Å²) in [7, 11) is 0. The van der Waals surface area contributed by atoms with Gasteiger partial charge in [-0.1, -0.05) is 33.6 Å². The first-order valence-corrected chi connectivity index (χ1v) is 10.4. The van der Waals surface area contributed by atoms with Gasteiger partial charge < -0.3 is 0 Å². The lowest BCUT2D eigenvalue weighted by atomic mass is 9.42. The van der Waals surface area contributed by atoms with Crippen LogP contribution in [0.5, 0.6) is 0 Å². The minimum atomic E-state index is -0.0269. The van der Waals surface area contributed by atoms with Crippen molar-refractivity contribution in [2.45, 2.75) is 85.0 Å². The Hall–Kier alpha value is -0.660. The van der Waals surface area contributed by atoms with Gasteiger partial charge in [0.05, 0.1) is 0 Å². The maximum atomic E-state index is 12.6. The number of rotatable bonds is 2. The summed E-state index contributed by atoms with van der Waals surface area (Å²) >= 11 is 0. The molecule has 0 bridgehead atoms. The molecule has 0 heterocycles. The zero-order valence-electron chi connectivity index (χ0n) is 15.8. The molecule has 5 unspecified atom stereocenters. The summed E-state index contributed by atoms with van der Waals surface area (Å²) in [6, 6.07) is 0. The molecule has 0 N–H and O–H groups in total. The average molecular weight is 331 g/mol. The van der Waals surface area contributed by atoms with Crippen LogP contribution in [0.1, 0.15) is 85.0 Å². The minimum absolute atomic E-state index is 0.0269. The van der Waals surface area contributed by atoms with E-state index in [1.165, 1.54) is 25.7 Å². The number of Topliss-reactive ketones (excluding diaryl/α,β-unsaturated/α-hetero) is 2. The van der Waals surface area contributed by atoms with Crippen molar-refractivity contribution in [3.8, 4) is 0 Å². The van der Waals surface area contributed by atoms with Crippen LogP contribution < -0.4 is 0 Å². The lowest BCUT2D eigenvalue weighted by Crippen LogP contribution is -2.56. The Morgan fingerprint density at radius 1 is 1.04 bits per heavy atom. The van der Waals surface area contributed by atoms with E-state index in [1.807, 2.05) is 0 Å². The van der Waals surface area contributed by atoms with Gasteiger partial charge in [0.1, 0.15) is 11.6 Å². The molecule has 0 amide bonds. The number of carbonyl (C=O) groups is 2. The first-order valence-electron chi connectivity index (χ1n) is 10.4. The fourth-order valence-electron chi connectivity index (χ4n) is 7.66. The highest BCUT2D eigenvalue weighted by atomic mass is 16.1. The number of fused-ring (bicyclic) bond motifs is 5. The summed E-state index contributed by atoms with van der Waals surface area (Å²) in [6.45, 7) is 7.09. The van der Waals surface area contributed by atoms with E-state index in [4.69, 9.17) is 0 Å². The largest absolute Gasteiger partial charge is 0.300 e. The smallest absolute Gasteiger partial charge is 0.139 e. The van der Waals surface area contributed by atoms with Gasteiger partial charge in [0.25, 0.3) is 0 Å². The van der Waals surface area contributed by atoms with Gasteiger partial charge in [-0.3, -0.25) is 9.59 Å². The fourth-order valence-corrected chi connectivity index (χ4v) is 7.66. The molecule has 134 valence electrons. The Balaban J connectivity index is 1.71. The van der Waals surface area contributed by atoms with Crippen LogP contribution in [0.4, 0.5) is 0 Å².